The third-order valence-corrected chi connectivity index (χ3v) is 5.04. The first-order valence-corrected chi connectivity index (χ1v) is 8.90. The van der Waals surface area contributed by atoms with Crippen molar-refractivity contribution in [1.29, 1.82) is 0 Å². The molecule has 1 heterocycles. The molecule has 1 unspecified atom stereocenters. The van der Waals surface area contributed by atoms with Crippen LogP contribution in [-0.2, 0) is 16.1 Å². The van der Waals surface area contributed by atoms with Gasteiger partial charge in [0, 0.05) is 12.6 Å². The van der Waals surface area contributed by atoms with Gasteiger partial charge in [0.15, 0.2) is 0 Å². The Morgan fingerprint density at radius 1 is 1.22 bits per heavy atom. The van der Waals surface area contributed by atoms with Crippen molar-refractivity contribution in [2.24, 2.45) is 5.92 Å². The van der Waals surface area contributed by atoms with E-state index in [-0.39, 0.29) is 18.6 Å². The number of hydrogen-bond donors (Lipinski definition) is 1. The summed E-state index contributed by atoms with van der Waals surface area (Å²) >= 11 is 0. The van der Waals surface area contributed by atoms with Crippen molar-refractivity contribution in [2.75, 3.05) is 19.7 Å². The fourth-order valence-corrected chi connectivity index (χ4v) is 3.31. The number of ether oxygens (including phenoxy) is 1. The molecule has 23 heavy (non-hydrogen) atoms. The number of carbonyl (C=O) groups is 1. The molecule has 4 heteroatoms. The number of piperidine rings is 1. The van der Waals surface area contributed by atoms with Gasteiger partial charge in [-0.25, -0.2) is 0 Å². The average Bonchev–Trinajstić information content (AvgIpc) is 3.44. The second-order valence-electron chi connectivity index (χ2n) is 6.85. The molecule has 1 aliphatic carbocycles. The van der Waals surface area contributed by atoms with E-state index in [1.54, 1.807) is 0 Å². The van der Waals surface area contributed by atoms with Crippen molar-refractivity contribution in [1.82, 2.24) is 10.2 Å². The van der Waals surface area contributed by atoms with E-state index in [1.165, 1.54) is 18.4 Å². The molecular weight excluding hydrogens is 288 g/mol. The normalized spacial score (nSPS) is 20.2. The molecule has 0 aromatic heterocycles. The smallest absolute Gasteiger partial charge is 0.249 e. The van der Waals surface area contributed by atoms with Crippen LogP contribution in [0.4, 0.5) is 0 Å². The van der Waals surface area contributed by atoms with Gasteiger partial charge in [-0.3, -0.25) is 4.79 Å². The lowest BCUT2D eigenvalue weighted by Gasteiger charge is -2.31. The van der Waals surface area contributed by atoms with Crippen LogP contribution in [0.1, 0.15) is 38.2 Å². The van der Waals surface area contributed by atoms with E-state index in [4.69, 9.17) is 4.74 Å². The van der Waals surface area contributed by atoms with E-state index < -0.39 is 0 Å². The Kier molecular flexibility index (Phi) is 5.68. The van der Waals surface area contributed by atoms with Crippen molar-refractivity contribution in [3.63, 3.8) is 0 Å². The summed E-state index contributed by atoms with van der Waals surface area (Å²) in [5, 5.41) is 3.32. The van der Waals surface area contributed by atoms with Crippen LogP contribution in [0.5, 0.6) is 0 Å². The number of carbonyl (C=O) groups excluding carboxylic acids is 1. The fraction of sp³-hybridized carbons (Fsp3) is 0.632. The standard InChI is InChI=1S/C19H28N2O2/c1-15(17-7-8-17)21(13-16-5-3-2-4-6-16)19(22)14-23-18-9-11-20-12-10-18/h2-6,15,17-18,20H,7-14H2,1H3. The molecule has 3 rings (SSSR count). The predicted octanol–water partition coefficient (Wildman–Crippen LogP) is 2.58. The largest absolute Gasteiger partial charge is 0.368 e. The quantitative estimate of drug-likeness (QED) is 0.840. The van der Waals surface area contributed by atoms with Gasteiger partial charge in [-0.1, -0.05) is 30.3 Å². The molecule has 1 N–H and O–H groups in total. The van der Waals surface area contributed by atoms with Crippen molar-refractivity contribution in [3.05, 3.63) is 35.9 Å². The molecule has 1 aromatic rings. The van der Waals surface area contributed by atoms with Crippen LogP contribution in [0, 0.1) is 5.92 Å². The second-order valence-corrected chi connectivity index (χ2v) is 6.85. The minimum Gasteiger partial charge on any atom is -0.368 e. The first-order valence-electron chi connectivity index (χ1n) is 8.90. The van der Waals surface area contributed by atoms with E-state index in [9.17, 15) is 4.79 Å². The molecule has 0 bridgehead atoms. The molecule has 1 saturated heterocycles. The monoisotopic (exact) mass is 316 g/mol. The highest BCUT2D eigenvalue weighted by Crippen LogP contribution is 2.35. The van der Waals surface area contributed by atoms with Gasteiger partial charge in [-0.15, -0.1) is 0 Å². The van der Waals surface area contributed by atoms with Gasteiger partial charge in [0.1, 0.15) is 6.61 Å². The summed E-state index contributed by atoms with van der Waals surface area (Å²) in [5.74, 6) is 0.799. The molecule has 1 saturated carbocycles. The van der Waals surface area contributed by atoms with Crippen molar-refractivity contribution in [3.8, 4) is 0 Å². The molecule has 1 amide bonds. The molecule has 2 fully saturated rings. The van der Waals surface area contributed by atoms with Crippen LogP contribution in [0.3, 0.4) is 0 Å². The molecule has 2 aliphatic rings. The Balaban J connectivity index is 1.58. The third kappa shape index (κ3) is 4.79. The zero-order chi connectivity index (χ0) is 16.1. The number of nitrogens with one attached hydrogen (secondary N) is 1. The second kappa shape index (κ2) is 7.93. The number of hydrogen-bond acceptors (Lipinski definition) is 3. The maximum absolute atomic E-state index is 12.7. The molecule has 1 aromatic carbocycles. The zero-order valence-corrected chi connectivity index (χ0v) is 14.0. The molecule has 4 nitrogen and oxygen atoms in total. The number of rotatable bonds is 7. The van der Waals surface area contributed by atoms with Gasteiger partial charge in [0.05, 0.1) is 6.10 Å². The van der Waals surface area contributed by atoms with Crippen LogP contribution < -0.4 is 5.32 Å². The Hall–Kier alpha value is -1.39. The van der Waals surface area contributed by atoms with Crippen LogP contribution in [0.25, 0.3) is 0 Å². The minimum atomic E-state index is 0.131. The Morgan fingerprint density at radius 3 is 2.57 bits per heavy atom. The zero-order valence-electron chi connectivity index (χ0n) is 14.0. The highest BCUT2D eigenvalue weighted by molar-refractivity contribution is 5.77. The highest BCUT2D eigenvalue weighted by Gasteiger charge is 2.34. The fourth-order valence-electron chi connectivity index (χ4n) is 3.31. The van der Waals surface area contributed by atoms with E-state index in [0.717, 1.165) is 25.9 Å². The van der Waals surface area contributed by atoms with Gasteiger partial charge in [-0.2, -0.15) is 0 Å². The summed E-state index contributed by atoms with van der Waals surface area (Å²) in [6, 6.07) is 10.6. The topological polar surface area (TPSA) is 41.6 Å². The minimum absolute atomic E-state index is 0.131. The molecular formula is C19H28N2O2. The van der Waals surface area contributed by atoms with E-state index in [1.807, 2.05) is 23.1 Å². The first kappa shape index (κ1) is 16.5. The molecule has 0 radical (unpaired) electrons. The van der Waals surface area contributed by atoms with Gasteiger partial charge < -0.3 is 15.0 Å². The van der Waals surface area contributed by atoms with Gasteiger partial charge >= 0.3 is 0 Å². The predicted molar refractivity (Wildman–Crippen MR) is 91.0 cm³/mol. The van der Waals surface area contributed by atoms with Gasteiger partial charge in [0.2, 0.25) is 5.91 Å². The summed E-state index contributed by atoms with van der Waals surface area (Å²) < 4.78 is 5.88. The van der Waals surface area contributed by atoms with E-state index >= 15 is 0 Å². The van der Waals surface area contributed by atoms with Crippen LogP contribution >= 0.6 is 0 Å². The Bertz CT molecular complexity index is 495. The van der Waals surface area contributed by atoms with Gasteiger partial charge in [0.25, 0.3) is 0 Å². The highest BCUT2D eigenvalue weighted by atomic mass is 16.5. The number of benzene rings is 1. The van der Waals surface area contributed by atoms with Crippen molar-refractivity contribution < 1.29 is 9.53 Å². The average molecular weight is 316 g/mol. The lowest BCUT2D eigenvalue weighted by Crippen LogP contribution is -2.42. The lowest BCUT2D eigenvalue weighted by atomic mass is 10.1. The van der Waals surface area contributed by atoms with Crippen molar-refractivity contribution in [2.45, 2.75) is 51.3 Å². The third-order valence-electron chi connectivity index (χ3n) is 5.04. The molecule has 126 valence electrons. The number of amides is 1. The SMILES string of the molecule is CC(C1CC1)N(Cc1ccccc1)C(=O)COC1CCNCC1. The van der Waals surface area contributed by atoms with E-state index in [2.05, 4.69) is 24.4 Å². The molecule has 1 aliphatic heterocycles. The lowest BCUT2D eigenvalue weighted by molar-refractivity contribution is -0.142. The maximum atomic E-state index is 12.7. The van der Waals surface area contributed by atoms with Crippen LogP contribution in [0.2, 0.25) is 0 Å². The Morgan fingerprint density at radius 2 is 1.91 bits per heavy atom. The summed E-state index contributed by atoms with van der Waals surface area (Å²) in [6.45, 7) is 5.07. The number of nitrogens with zero attached hydrogens (tertiary/aromatic N) is 1. The summed E-state index contributed by atoms with van der Waals surface area (Å²) in [6.07, 6.45) is 4.73. The summed E-state index contributed by atoms with van der Waals surface area (Å²) in [4.78, 5) is 14.8. The summed E-state index contributed by atoms with van der Waals surface area (Å²) in [7, 11) is 0. The Labute approximate surface area is 139 Å². The maximum Gasteiger partial charge on any atom is 0.249 e. The first-order chi connectivity index (χ1) is 11.2. The van der Waals surface area contributed by atoms with Crippen molar-refractivity contribution >= 4 is 5.91 Å². The van der Waals surface area contributed by atoms with Gasteiger partial charge in [-0.05, 0) is 57.2 Å². The molecule has 1 atom stereocenters. The van der Waals surface area contributed by atoms with Crippen LogP contribution in [0.15, 0.2) is 30.3 Å². The summed E-state index contributed by atoms with van der Waals surface area (Å²) in [5.41, 5.74) is 1.19. The molecule has 0 spiro atoms. The van der Waals surface area contributed by atoms with Crippen LogP contribution in [-0.4, -0.2) is 42.6 Å². The van der Waals surface area contributed by atoms with E-state index in [0.29, 0.717) is 18.5 Å².